The summed E-state index contributed by atoms with van der Waals surface area (Å²) in [7, 11) is 3.16. The molecule has 8 heteroatoms. The Labute approximate surface area is 203 Å². The fraction of sp³-hybridized carbons (Fsp3) is 0.333. The molecule has 8 nitrogen and oxygen atoms in total. The predicted octanol–water partition coefficient (Wildman–Crippen LogP) is 4.56. The zero-order valence-electron chi connectivity index (χ0n) is 19.9. The zero-order chi connectivity index (χ0) is 24.4. The third kappa shape index (κ3) is 4.43. The third-order valence-electron chi connectivity index (χ3n) is 6.60. The van der Waals surface area contributed by atoms with E-state index in [2.05, 4.69) is 10.3 Å². The molecule has 1 aliphatic heterocycles. The summed E-state index contributed by atoms with van der Waals surface area (Å²) in [6.45, 7) is 0.697. The third-order valence-corrected chi connectivity index (χ3v) is 6.60. The van der Waals surface area contributed by atoms with Gasteiger partial charge in [0.2, 0.25) is 5.91 Å². The average molecular weight is 475 g/mol. The number of ether oxygens (including phenoxy) is 3. The molecular formula is C27H28N3O5+. The summed E-state index contributed by atoms with van der Waals surface area (Å²) in [5.74, 6) is 2.08. The molecule has 2 aromatic carbocycles. The fourth-order valence-electron chi connectivity index (χ4n) is 4.41. The Balaban J connectivity index is 1.30. The number of nitrogens with one attached hydrogen (secondary N) is 1. The molecular weight excluding hydrogens is 446 g/mol. The molecule has 1 N–H and O–H groups in total. The summed E-state index contributed by atoms with van der Waals surface area (Å²) in [6.07, 6.45) is 7.74. The minimum atomic E-state index is -0.931. The minimum Gasteiger partial charge on any atom is -0.493 e. The Kier molecular flexibility index (Phi) is 6.11. The van der Waals surface area contributed by atoms with Gasteiger partial charge in [-0.2, -0.15) is 4.58 Å². The standard InChI is InChI=1S/C27H27N3O5/c1-33-23-16-20-21(17-24(23)34-2)28-13-10-22(20)35-19-8-6-18(7-9-19)29-25(31)27(11-12-27)26(32)30-14-4-3-5-15-30/h6-10,13-14,16-17H,3-5,11-12,15H2,1-2H3/p+1. The van der Waals surface area contributed by atoms with Crippen molar-refractivity contribution in [1.29, 1.82) is 0 Å². The number of fused-ring (bicyclic) bond motifs is 1. The first-order valence-electron chi connectivity index (χ1n) is 11.8. The van der Waals surface area contributed by atoms with Crippen molar-refractivity contribution in [3.05, 3.63) is 48.7 Å². The van der Waals surface area contributed by atoms with Crippen molar-refractivity contribution < 1.29 is 28.4 Å². The first kappa shape index (κ1) is 22.8. The molecule has 3 aromatic rings. The number of rotatable bonds is 7. The Morgan fingerprint density at radius 3 is 2.37 bits per heavy atom. The molecule has 0 spiro atoms. The van der Waals surface area contributed by atoms with Crippen molar-refractivity contribution in [3.8, 4) is 23.0 Å². The molecule has 35 heavy (non-hydrogen) atoms. The largest absolute Gasteiger partial charge is 0.493 e. The van der Waals surface area contributed by atoms with Crippen molar-refractivity contribution in [1.82, 2.24) is 4.98 Å². The predicted molar refractivity (Wildman–Crippen MR) is 132 cm³/mol. The van der Waals surface area contributed by atoms with Crippen molar-refractivity contribution in [2.24, 2.45) is 5.41 Å². The number of carbonyl (C=O) groups is 2. The second-order valence-electron chi connectivity index (χ2n) is 8.87. The molecule has 0 saturated heterocycles. The first-order chi connectivity index (χ1) is 17.0. The van der Waals surface area contributed by atoms with Crippen molar-refractivity contribution in [3.63, 3.8) is 0 Å². The van der Waals surface area contributed by atoms with Gasteiger partial charge in [0.25, 0.3) is 0 Å². The van der Waals surface area contributed by atoms with Gasteiger partial charge in [0.05, 0.1) is 19.7 Å². The molecule has 2 amide bonds. The highest BCUT2D eigenvalue weighted by atomic mass is 16.5. The van der Waals surface area contributed by atoms with Gasteiger partial charge in [-0.1, -0.05) is 0 Å². The molecule has 0 unspecified atom stereocenters. The summed E-state index contributed by atoms with van der Waals surface area (Å²) in [5, 5.41) is 3.70. The van der Waals surface area contributed by atoms with Crippen LogP contribution in [0.3, 0.4) is 0 Å². The number of carbonyl (C=O) groups excluding carboxylic acids is 2. The monoisotopic (exact) mass is 474 g/mol. The van der Waals surface area contributed by atoms with Gasteiger partial charge in [0, 0.05) is 36.2 Å². The quantitative estimate of drug-likeness (QED) is 0.399. The lowest BCUT2D eigenvalue weighted by Crippen LogP contribution is -2.40. The highest BCUT2D eigenvalue weighted by Gasteiger charge is 2.62. The Bertz CT molecular complexity index is 1310. The molecule has 180 valence electrons. The molecule has 2 heterocycles. The normalized spacial score (nSPS) is 16.2. The first-order valence-corrected chi connectivity index (χ1v) is 11.8. The zero-order valence-corrected chi connectivity index (χ0v) is 19.9. The molecule has 0 bridgehead atoms. The van der Waals surface area contributed by atoms with Gasteiger partial charge < -0.3 is 19.5 Å². The van der Waals surface area contributed by atoms with Crippen LogP contribution in [-0.2, 0) is 9.59 Å². The molecule has 0 atom stereocenters. The molecule has 0 radical (unpaired) electrons. The number of hydrogen-bond donors (Lipinski definition) is 1. The van der Waals surface area contributed by atoms with Gasteiger partial charge >= 0.3 is 5.91 Å². The molecule has 2 aliphatic rings. The highest BCUT2D eigenvalue weighted by Crippen LogP contribution is 2.48. The van der Waals surface area contributed by atoms with E-state index in [9.17, 15) is 9.59 Å². The second kappa shape index (κ2) is 9.37. The Morgan fingerprint density at radius 2 is 1.71 bits per heavy atom. The van der Waals surface area contributed by atoms with Crippen molar-refractivity contribution in [2.45, 2.75) is 32.1 Å². The van der Waals surface area contributed by atoms with E-state index in [4.69, 9.17) is 14.2 Å². The van der Waals surface area contributed by atoms with Gasteiger partial charge in [-0.3, -0.25) is 9.78 Å². The van der Waals surface area contributed by atoms with Gasteiger partial charge in [-0.15, -0.1) is 0 Å². The topological polar surface area (TPSA) is 89.8 Å². The van der Waals surface area contributed by atoms with Crippen LogP contribution < -0.4 is 19.5 Å². The average Bonchev–Trinajstić information content (AvgIpc) is 3.71. The summed E-state index contributed by atoms with van der Waals surface area (Å²) >= 11 is 0. The summed E-state index contributed by atoms with van der Waals surface area (Å²) in [4.78, 5) is 30.3. The number of anilines is 1. The van der Waals surface area contributed by atoms with Crippen LogP contribution in [0.5, 0.6) is 23.0 Å². The van der Waals surface area contributed by atoms with Crippen molar-refractivity contribution >= 4 is 34.6 Å². The van der Waals surface area contributed by atoms with Crippen LogP contribution in [0.4, 0.5) is 5.69 Å². The van der Waals surface area contributed by atoms with Gasteiger partial charge in [-0.25, -0.2) is 4.79 Å². The van der Waals surface area contributed by atoms with E-state index in [-0.39, 0.29) is 11.8 Å². The van der Waals surface area contributed by atoms with E-state index >= 15 is 0 Å². The smallest absolute Gasteiger partial charge is 0.402 e. The van der Waals surface area contributed by atoms with Crippen LogP contribution in [0.25, 0.3) is 10.9 Å². The summed E-state index contributed by atoms with van der Waals surface area (Å²) in [6, 6.07) is 12.5. The molecule has 1 fully saturated rings. The Morgan fingerprint density at radius 1 is 0.971 bits per heavy atom. The minimum absolute atomic E-state index is 0.0775. The van der Waals surface area contributed by atoms with Gasteiger partial charge in [0.1, 0.15) is 17.7 Å². The Hall–Kier alpha value is -3.94. The number of nitrogens with zero attached hydrogens (tertiary/aromatic N) is 2. The molecule has 1 aromatic heterocycles. The second-order valence-corrected chi connectivity index (χ2v) is 8.87. The number of amides is 2. The van der Waals surface area contributed by atoms with Crippen LogP contribution in [0.15, 0.2) is 48.7 Å². The van der Waals surface area contributed by atoms with E-state index in [1.807, 2.05) is 12.3 Å². The molecule has 1 aliphatic carbocycles. The number of methoxy groups -OCH3 is 2. The number of pyridine rings is 1. The van der Waals surface area contributed by atoms with Crippen LogP contribution in [0.2, 0.25) is 0 Å². The lowest BCUT2D eigenvalue weighted by molar-refractivity contribution is -0.454. The highest BCUT2D eigenvalue weighted by molar-refractivity contribution is 6.11. The van der Waals surface area contributed by atoms with E-state index in [0.29, 0.717) is 48.1 Å². The van der Waals surface area contributed by atoms with Gasteiger partial charge in [-0.05, 0) is 55.7 Å². The maximum atomic E-state index is 13.0. The van der Waals surface area contributed by atoms with E-state index in [0.717, 1.165) is 30.2 Å². The lowest BCUT2D eigenvalue weighted by Gasteiger charge is -2.15. The lowest BCUT2D eigenvalue weighted by atomic mass is 10.0. The number of hydrogen-bond acceptors (Lipinski definition) is 6. The number of benzene rings is 2. The molecule has 5 rings (SSSR count). The van der Waals surface area contributed by atoms with Gasteiger partial charge in [0.15, 0.2) is 23.5 Å². The van der Waals surface area contributed by atoms with Crippen LogP contribution in [0.1, 0.15) is 32.1 Å². The SMILES string of the molecule is COc1cc2nccc(Oc3ccc(NC(=O)C4(C(=O)[N+]5=CCCCC5)CC4)cc3)c2cc1OC. The van der Waals surface area contributed by atoms with Crippen LogP contribution in [-0.4, -0.2) is 48.4 Å². The van der Waals surface area contributed by atoms with Crippen LogP contribution >= 0.6 is 0 Å². The van der Waals surface area contributed by atoms with Crippen LogP contribution in [0, 0.1) is 5.41 Å². The number of aromatic nitrogens is 1. The van der Waals surface area contributed by atoms with Crippen molar-refractivity contribution in [2.75, 3.05) is 26.1 Å². The summed E-state index contributed by atoms with van der Waals surface area (Å²) < 4.78 is 18.6. The van der Waals surface area contributed by atoms with E-state index < -0.39 is 5.41 Å². The fourth-order valence-corrected chi connectivity index (χ4v) is 4.41. The summed E-state index contributed by atoms with van der Waals surface area (Å²) in [5.41, 5.74) is 0.406. The van der Waals surface area contributed by atoms with E-state index in [1.165, 1.54) is 0 Å². The van der Waals surface area contributed by atoms with E-state index in [1.54, 1.807) is 61.4 Å². The molecule has 1 saturated carbocycles. The maximum absolute atomic E-state index is 13.0. The maximum Gasteiger partial charge on any atom is 0.402 e.